The maximum atomic E-state index is 13.3. The topological polar surface area (TPSA) is 75.4 Å². The normalized spacial score (nSPS) is 11.4. The second-order valence-corrected chi connectivity index (χ2v) is 5.38. The van der Waals surface area contributed by atoms with Crippen molar-refractivity contribution in [1.29, 1.82) is 0 Å². The molecule has 18 heavy (non-hydrogen) atoms. The third kappa shape index (κ3) is 3.64. The minimum atomic E-state index is -0.688. The first-order chi connectivity index (χ1) is 8.26. The molecule has 0 aliphatic rings. The lowest BCUT2D eigenvalue weighted by Crippen LogP contribution is -2.32. The highest BCUT2D eigenvalue weighted by Crippen LogP contribution is 2.32. The molecule has 1 aromatic rings. The van der Waals surface area contributed by atoms with E-state index < -0.39 is 16.3 Å². The molecule has 0 heterocycles. The molecule has 0 amide bonds. The summed E-state index contributed by atoms with van der Waals surface area (Å²) >= 11 is 2.99. The summed E-state index contributed by atoms with van der Waals surface area (Å²) in [6, 6.07) is 2.19. The van der Waals surface area contributed by atoms with Crippen molar-refractivity contribution in [2.24, 2.45) is 0 Å². The van der Waals surface area contributed by atoms with Crippen LogP contribution >= 0.6 is 15.9 Å². The number of nitro groups is 1. The summed E-state index contributed by atoms with van der Waals surface area (Å²) in [6.07, 6.45) is 0.416. The van der Waals surface area contributed by atoms with Crippen LogP contribution < -0.4 is 5.32 Å². The summed E-state index contributed by atoms with van der Waals surface area (Å²) in [6.45, 7) is 3.55. The van der Waals surface area contributed by atoms with Crippen LogP contribution in [0.3, 0.4) is 0 Å². The lowest BCUT2D eigenvalue weighted by molar-refractivity contribution is -0.384. The number of rotatable bonds is 5. The molecule has 5 nitrogen and oxygen atoms in total. The first-order valence-corrected chi connectivity index (χ1v) is 6.08. The fraction of sp³-hybridized carbons (Fsp3) is 0.455. The molecule has 0 atom stereocenters. The molecule has 0 aliphatic heterocycles. The van der Waals surface area contributed by atoms with Gasteiger partial charge in [-0.25, -0.2) is 4.39 Å². The van der Waals surface area contributed by atoms with Gasteiger partial charge in [-0.1, -0.05) is 0 Å². The molecule has 0 bridgehead atoms. The second kappa shape index (κ2) is 5.62. The fourth-order valence-electron chi connectivity index (χ4n) is 1.49. The minimum Gasteiger partial charge on any atom is -0.396 e. The summed E-state index contributed by atoms with van der Waals surface area (Å²) in [4.78, 5) is 10.2. The van der Waals surface area contributed by atoms with E-state index in [4.69, 9.17) is 5.11 Å². The first-order valence-electron chi connectivity index (χ1n) is 5.29. The average molecular weight is 321 g/mol. The van der Waals surface area contributed by atoms with Crippen molar-refractivity contribution in [2.75, 3.05) is 11.9 Å². The zero-order valence-corrected chi connectivity index (χ0v) is 11.6. The van der Waals surface area contributed by atoms with E-state index in [0.29, 0.717) is 6.42 Å². The van der Waals surface area contributed by atoms with Gasteiger partial charge in [0.1, 0.15) is 11.5 Å². The van der Waals surface area contributed by atoms with Gasteiger partial charge in [-0.15, -0.1) is 0 Å². The van der Waals surface area contributed by atoms with Crippen LogP contribution in [0.2, 0.25) is 0 Å². The monoisotopic (exact) mass is 320 g/mol. The molecule has 1 aromatic carbocycles. The number of aliphatic hydroxyl groups is 1. The van der Waals surface area contributed by atoms with Crippen molar-refractivity contribution >= 4 is 27.3 Å². The second-order valence-electron chi connectivity index (χ2n) is 4.52. The van der Waals surface area contributed by atoms with E-state index in [1.54, 1.807) is 13.8 Å². The predicted molar refractivity (Wildman–Crippen MR) is 70.2 cm³/mol. The highest BCUT2D eigenvalue weighted by Gasteiger charge is 2.23. The Kier molecular flexibility index (Phi) is 4.64. The number of halogens is 2. The van der Waals surface area contributed by atoms with Gasteiger partial charge in [0.05, 0.1) is 15.5 Å². The third-order valence-electron chi connectivity index (χ3n) is 2.45. The van der Waals surface area contributed by atoms with Crippen molar-refractivity contribution in [3.63, 3.8) is 0 Å². The molecule has 100 valence electrons. The molecule has 0 aliphatic carbocycles. The van der Waals surface area contributed by atoms with Crippen LogP contribution in [0.25, 0.3) is 0 Å². The summed E-state index contributed by atoms with van der Waals surface area (Å²) in [5.41, 5.74) is -0.648. The summed E-state index contributed by atoms with van der Waals surface area (Å²) in [5.74, 6) is -0.688. The quantitative estimate of drug-likeness (QED) is 0.645. The van der Waals surface area contributed by atoms with Crippen LogP contribution in [-0.2, 0) is 0 Å². The van der Waals surface area contributed by atoms with Gasteiger partial charge in [0.15, 0.2) is 0 Å². The molecule has 0 saturated carbocycles. The number of nitrogens with one attached hydrogen (secondary N) is 1. The Bertz CT molecular complexity index is 466. The number of anilines is 1. The van der Waals surface area contributed by atoms with Crippen molar-refractivity contribution in [1.82, 2.24) is 0 Å². The van der Waals surface area contributed by atoms with E-state index in [-0.39, 0.29) is 22.5 Å². The lowest BCUT2D eigenvalue weighted by Gasteiger charge is -2.26. The van der Waals surface area contributed by atoms with Crippen LogP contribution in [0.5, 0.6) is 0 Å². The Labute approximate surface area is 112 Å². The summed E-state index contributed by atoms with van der Waals surface area (Å²) in [7, 11) is 0. The Morgan fingerprint density at radius 1 is 1.56 bits per heavy atom. The average Bonchev–Trinajstić information content (AvgIpc) is 2.22. The molecule has 0 unspecified atom stereocenters. The Hall–Kier alpha value is -1.21. The summed E-state index contributed by atoms with van der Waals surface area (Å²) in [5, 5.41) is 22.7. The van der Waals surface area contributed by atoms with Gasteiger partial charge in [-0.2, -0.15) is 0 Å². The molecular formula is C11H14BrFN2O3. The van der Waals surface area contributed by atoms with E-state index in [1.165, 1.54) is 6.07 Å². The zero-order chi connectivity index (χ0) is 13.9. The largest absolute Gasteiger partial charge is 0.396 e. The van der Waals surface area contributed by atoms with Gasteiger partial charge in [0, 0.05) is 12.1 Å². The highest BCUT2D eigenvalue weighted by atomic mass is 79.9. The molecule has 2 N–H and O–H groups in total. The van der Waals surface area contributed by atoms with Gasteiger partial charge in [-0.3, -0.25) is 10.1 Å². The highest BCUT2D eigenvalue weighted by molar-refractivity contribution is 9.10. The molecule has 0 saturated heterocycles. The van der Waals surface area contributed by atoms with Gasteiger partial charge >= 0.3 is 0 Å². The van der Waals surface area contributed by atoms with Gasteiger partial charge in [-0.05, 0) is 42.3 Å². The van der Waals surface area contributed by atoms with E-state index in [9.17, 15) is 14.5 Å². The number of aliphatic hydroxyl groups excluding tert-OH is 1. The van der Waals surface area contributed by atoms with Crippen LogP contribution in [0.15, 0.2) is 16.6 Å². The molecule has 7 heteroatoms. The SMILES string of the molecule is CC(C)(CCO)Nc1cc(Br)c(F)cc1[N+](=O)[O-]. The maximum absolute atomic E-state index is 13.3. The molecule has 0 spiro atoms. The number of benzene rings is 1. The van der Waals surface area contributed by atoms with Crippen molar-refractivity contribution in [2.45, 2.75) is 25.8 Å². The Balaban J connectivity index is 3.15. The van der Waals surface area contributed by atoms with Crippen molar-refractivity contribution in [3.8, 4) is 0 Å². The van der Waals surface area contributed by atoms with E-state index in [1.807, 2.05) is 0 Å². The smallest absolute Gasteiger partial charge is 0.295 e. The standard InChI is InChI=1S/C11H14BrFN2O3/c1-11(2,3-4-16)14-9-5-7(12)8(13)6-10(9)15(17)18/h5-6,14,16H,3-4H2,1-2H3. The van der Waals surface area contributed by atoms with Crippen molar-refractivity contribution < 1.29 is 14.4 Å². The number of hydrogen-bond donors (Lipinski definition) is 2. The van der Waals surface area contributed by atoms with Crippen LogP contribution in [0.1, 0.15) is 20.3 Å². The van der Waals surface area contributed by atoms with E-state index in [0.717, 1.165) is 6.07 Å². The Morgan fingerprint density at radius 2 is 2.17 bits per heavy atom. The van der Waals surface area contributed by atoms with Crippen molar-refractivity contribution in [3.05, 3.63) is 32.5 Å². The molecular weight excluding hydrogens is 307 g/mol. The fourth-order valence-corrected chi connectivity index (χ4v) is 1.84. The lowest BCUT2D eigenvalue weighted by atomic mass is 10.0. The molecule has 0 radical (unpaired) electrons. The zero-order valence-electron chi connectivity index (χ0n) is 10.0. The van der Waals surface area contributed by atoms with Crippen LogP contribution in [-0.4, -0.2) is 22.2 Å². The minimum absolute atomic E-state index is 0.0455. The van der Waals surface area contributed by atoms with Gasteiger partial charge < -0.3 is 10.4 Å². The van der Waals surface area contributed by atoms with E-state index >= 15 is 0 Å². The molecule has 0 aromatic heterocycles. The predicted octanol–water partition coefficient (Wildman–Crippen LogP) is 3.07. The van der Waals surface area contributed by atoms with Gasteiger partial charge in [0.25, 0.3) is 5.69 Å². The molecule has 1 rings (SSSR count). The summed E-state index contributed by atoms with van der Waals surface area (Å²) < 4.78 is 13.4. The maximum Gasteiger partial charge on any atom is 0.295 e. The first kappa shape index (κ1) is 14.8. The van der Waals surface area contributed by atoms with Gasteiger partial charge in [0.2, 0.25) is 0 Å². The van der Waals surface area contributed by atoms with E-state index in [2.05, 4.69) is 21.2 Å². The number of hydrogen-bond acceptors (Lipinski definition) is 4. The third-order valence-corrected chi connectivity index (χ3v) is 3.05. The van der Waals surface area contributed by atoms with Crippen LogP contribution in [0.4, 0.5) is 15.8 Å². The Morgan fingerprint density at radius 3 is 2.67 bits per heavy atom. The van der Waals surface area contributed by atoms with Crippen LogP contribution in [0, 0.1) is 15.9 Å². The molecule has 0 fully saturated rings. The number of nitrogens with zero attached hydrogens (tertiary/aromatic N) is 1. The number of nitro benzene ring substituents is 1.